The van der Waals surface area contributed by atoms with E-state index in [2.05, 4.69) is 4.98 Å². The molecule has 3 heterocycles. The molecule has 1 aliphatic heterocycles. The zero-order valence-corrected chi connectivity index (χ0v) is 20.0. The van der Waals surface area contributed by atoms with Crippen molar-refractivity contribution in [2.75, 3.05) is 24.6 Å². The number of fused-ring (bicyclic) bond motifs is 2. The number of halogens is 2. The molecule has 2 N–H and O–H groups in total. The molecular weight excluding hydrogens is 470 g/mol. The highest BCUT2D eigenvalue weighted by atomic mass is 19.3. The van der Waals surface area contributed by atoms with Crippen LogP contribution in [0.25, 0.3) is 22.0 Å². The number of nitrogens with two attached hydrogens (primary N) is 1. The lowest BCUT2D eigenvalue weighted by molar-refractivity contribution is 0.0819. The van der Waals surface area contributed by atoms with Crippen LogP contribution in [0, 0.1) is 6.92 Å². The van der Waals surface area contributed by atoms with Crippen molar-refractivity contribution < 1.29 is 22.7 Å². The Labute approximate surface area is 205 Å². The molecule has 36 heavy (non-hydrogen) atoms. The van der Waals surface area contributed by atoms with E-state index in [0.717, 1.165) is 16.7 Å². The highest BCUT2D eigenvalue weighted by molar-refractivity contribution is 6.07. The monoisotopic (exact) mass is 496 g/mol. The van der Waals surface area contributed by atoms with Crippen LogP contribution in [0.5, 0.6) is 5.75 Å². The van der Waals surface area contributed by atoms with Gasteiger partial charge in [0.25, 0.3) is 17.9 Å². The summed E-state index contributed by atoms with van der Waals surface area (Å²) in [7, 11) is 1.54. The predicted molar refractivity (Wildman–Crippen MR) is 132 cm³/mol. The molecule has 2 aromatic carbocycles. The summed E-state index contributed by atoms with van der Waals surface area (Å²) in [6, 6.07) is 10.6. The number of alkyl halides is 2. The van der Waals surface area contributed by atoms with Gasteiger partial charge in [0.1, 0.15) is 23.4 Å². The van der Waals surface area contributed by atoms with Gasteiger partial charge in [-0.2, -0.15) is 0 Å². The van der Waals surface area contributed by atoms with Crippen molar-refractivity contribution in [3.63, 3.8) is 0 Å². The number of hydrogen-bond donors (Lipinski definition) is 1. The van der Waals surface area contributed by atoms with Crippen molar-refractivity contribution in [2.45, 2.75) is 32.1 Å². The summed E-state index contributed by atoms with van der Waals surface area (Å²) in [6.45, 7) is 2.28. The SMILES string of the molecule is Cc1ccc2oc(C3CCN(c4c(C(N)=O)c(=O)n(C)c5ccc(OCC(F)F)cc45)CC3)nc2c1. The molecule has 0 spiro atoms. The van der Waals surface area contributed by atoms with Crippen LogP contribution < -0.4 is 20.9 Å². The van der Waals surface area contributed by atoms with Crippen LogP contribution in [-0.2, 0) is 7.05 Å². The first-order chi connectivity index (χ1) is 17.2. The van der Waals surface area contributed by atoms with Gasteiger partial charge in [-0.05, 0) is 55.7 Å². The van der Waals surface area contributed by atoms with Gasteiger partial charge in [-0.25, -0.2) is 13.8 Å². The van der Waals surface area contributed by atoms with Crippen molar-refractivity contribution in [3.05, 3.63) is 63.8 Å². The summed E-state index contributed by atoms with van der Waals surface area (Å²) in [5.74, 6) is 0.119. The Bertz CT molecular complexity index is 1520. The number of hydrogen-bond acceptors (Lipinski definition) is 6. The Morgan fingerprint density at radius 2 is 1.97 bits per heavy atom. The van der Waals surface area contributed by atoms with Crippen LogP contribution in [0.15, 0.2) is 45.6 Å². The highest BCUT2D eigenvalue weighted by Crippen LogP contribution is 2.37. The fourth-order valence-corrected chi connectivity index (χ4v) is 4.89. The van der Waals surface area contributed by atoms with Crippen molar-refractivity contribution >= 4 is 33.6 Å². The number of pyridine rings is 1. The first-order valence-corrected chi connectivity index (χ1v) is 11.7. The third-order valence-electron chi connectivity index (χ3n) is 6.68. The van der Waals surface area contributed by atoms with E-state index < -0.39 is 24.5 Å². The Kier molecular flexibility index (Phi) is 6.11. The van der Waals surface area contributed by atoms with Gasteiger partial charge in [0.15, 0.2) is 11.5 Å². The molecule has 0 radical (unpaired) electrons. The number of carbonyl (C=O) groups is 1. The van der Waals surface area contributed by atoms with E-state index >= 15 is 0 Å². The van der Waals surface area contributed by atoms with Crippen LogP contribution in [0.2, 0.25) is 0 Å². The van der Waals surface area contributed by atoms with Gasteiger partial charge < -0.3 is 24.4 Å². The van der Waals surface area contributed by atoms with Gasteiger partial charge >= 0.3 is 0 Å². The normalized spacial score (nSPS) is 14.8. The molecule has 0 atom stereocenters. The lowest BCUT2D eigenvalue weighted by Crippen LogP contribution is -2.38. The van der Waals surface area contributed by atoms with E-state index in [4.69, 9.17) is 14.9 Å². The smallest absolute Gasteiger partial charge is 0.272 e. The molecule has 188 valence electrons. The second-order valence-electron chi connectivity index (χ2n) is 9.12. The Balaban J connectivity index is 1.51. The van der Waals surface area contributed by atoms with Gasteiger partial charge in [0.05, 0.1) is 11.2 Å². The van der Waals surface area contributed by atoms with E-state index in [9.17, 15) is 18.4 Å². The molecule has 1 amide bonds. The summed E-state index contributed by atoms with van der Waals surface area (Å²) in [4.78, 5) is 32.1. The number of aromatic nitrogens is 2. The van der Waals surface area contributed by atoms with Crippen molar-refractivity contribution in [1.82, 2.24) is 9.55 Å². The van der Waals surface area contributed by atoms with Crippen LogP contribution in [0.3, 0.4) is 0 Å². The fraction of sp³-hybridized carbons (Fsp3) is 0.346. The zero-order chi connectivity index (χ0) is 25.6. The molecule has 1 saturated heterocycles. The number of ether oxygens (including phenoxy) is 1. The maximum Gasteiger partial charge on any atom is 0.272 e. The largest absolute Gasteiger partial charge is 0.488 e. The number of nitrogens with zero attached hydrogens (tertiary/aromatic N) is 3. The Morgan fingerprint density at radius 3 is 2.67 bits per heavy atom. The number of rotatable bonds is 6. The van der Waals surface area contributed by atoms with Crippen molar-refractivity contribution in [1.29, 1.82) is 0 Å². The minimum atomic E-state index is -2.63. The van der Waals surface area contributed by atoms with E-state index in [1.807, 2.05) is 30.0 Å². The second-order valence-corrected chi connectivity index (χ2v) is 9.12. The molecule has 10 heteroatoms. The molecule has 5 rings (SSSR count). The first kappa shape index (κ1) is 23.8. The summed E-state index contributed by atoms with van der Waals surface area (Å²) in [6.07, 6.45) is -1.26. The number of benzene rings is 2. The van der Waals surface area contributed by atoms with Gasteiger partial charge in [-0.3, -0.25) is 9.59 Å². The van der Waals surface area contributed by atoms with Gasteiger partial charge in [-0.1, -0.05) is 6.07 Å². The minimum absolute atomic E-state index is 0.0775. The molecule has 1 fully saturated rings. The van der Waals surface area contributed by atoms with E-state index in [1.165, 1.54) is 10.6 Å². The Hall–Kier alpha value is -3.95. The molecular formula is C26H26F2N4O4. The summed E-state index contributed by atoms with van der Waals surface area (Å²) in [5.41, 5.74) is 8.61. The average molecular weight is 497 g/mol. The van der Waals surface area contributed by atoms with Crippen LogP contribution in [-0.4, -0.2) is 41.6 Å². The first-order valence-electron chi connectivity index (χ1n) is 11.7. The maximum atomic E-state index is 13.1. The molecule has 0 aliphatic carbocycles. The van der Waals surface area contributed by atoms with Crippen molar-refractivity contribution in [2.24, 2.45) is 12.8 Å². The molecule has 0 bridgehead atoms. The predicted octanol–water partition coefficient (Wildman–Crippen LogP) is 4.11. The third-order valence-corrected chi connectivity index (χ3v) is 6.68. The molecule has 2 aromatic heterocycles. The van der Waals surface area contributed by atoms with Crippen molar-refractivity contribution in [3.8, 4) is 5.75 Å². The van der Waals surface area contributed by atoms with Crippen LogP contribution in [0.1, 0.15) is 40.6 Å². The minimum Gasteiger partial charge on any atom is -0.488 e. The molecule has 0 saturated carbocycles. The number of aryl methyl sites for hydroxylation is 2. The standard InChI is InChI=1S/C26H26F2N4O4/c1-14-3-6-20-18(11-14)30-25(36-20)15-7-9-32(10-8-15)23-17-12-16(35-13-21(27)28)4-5-19(17)31(2)26(34)22(23)24(29)33/h3-6,11-12,15,21H,7-10,13H2,1-2H3,(H2,29,33). The van der Waals surface area contributed by atoms with Crippen LogP contribution in [0.4, 0.5) is 14.5 Å². The second kappa shape index (κ2) is 9.25. The van der Waals surface area contributed by atoms with E-state index in [1.54, 1.807) is 19.2 Å². The Morgan fingerprint density at radius 1 is 1.22 bits per heavy atom. The fourth-order valence-electron chi connectivity index (χ4n) is 4.89. The maximum absolute atomic E-state index is 13.1. The number of carbonyl (C=O) groups excluding carboxylic acids is 1. The average Bonchev–Trinajstić information content (AvgIpc) is 3.27. The lowest BCUT2D eigenvalue weighted by Gasteiger charge is -2.34. The van der Waals surface area contributed by atoms with Gasteiger partial charge in [0, 0.05) is 31.4 Å². The summed E-state index contributed by atoms with van der Waals surface area (Å²) in [5, 5.41) is 0.536. The topological polar surface area (TPSA) is 104 Å². The van der Waals surface area contributed by atoms with Crippen LogP contribution >= 0.6 is 0 Å². The van der Waals surface area contributed by atoms with Gasteiger partial charge in [-0.15, -0.1) is 0 Å². The number of piperidine rings is 1. The van der Waals surface area contributed by atoms with Gasteiger partial charge in [0.2, 0.25) is 0 Å². The number of amides is 1. The summed E-state index contributed by atoms with van der Waals surface area (Å²) >= 11 is 0. The van der Waals surface area contributed by atoms with E-state index in [-0.39, 0.29) is 17.2 Å². The zero-order valence-electron chi connectivity index (χ0n) is 20.0. The number of primary amides is 1. The molecule has 0 unspecified atom stereocenters. The highest BCUT2D eigenvalue weighted by Gasteiger charge is 2.30. The molecule has 8 nitrogen and oxygen atoms in total. The molecule has 4 aromatic rings. The van der Waals surface area contributed by atoms with E-state index in [0.29, 0.717) is 48.4 Å². The lowest BCUT2D eigenvalue weighted by atomic mass is 9.95. The third kappa shape index (κ3) is 4.27. The number of anilines is 1. The summed E-state index contributed by atoms with van der Waals surface area (Å²) < 4.78 is 37.9. The quantitative estimate of drug-likeness (QED) is 0.431. The number of oxazole rings is 1. The molecule has 1 aliphatic rings.